The minimum atomic E-state index is -0.118. The minimum Gasteiger partial charge on any atom is -0.469 e. The van der Waals surface area contributed by atoms with Gasteiger partial charge in [-0.1, -0.05) is 63.6 Å². The van der Waals surface area contributed by atoms with E-state index in [-0.39, 0.29) is 11.9 Å². The second-order valence-electron chi connectivity index (χ2n) is 3.49. The zero-order chi connectivity index (χ0) is 13.7. The Morgan fingerprint density at radius 2 is 1.71 bits per heavy atom. The fraction of sp³-hybridized carbons (Fsp3) is 0.533. The van der Waals surface area contributed by atoms with Gasteiger partial charge in [0.05, 0.1) is 13.0 Å². The van der Waals surface area contributed by atoms with Crippen molar-refractivity contribution in [2.75, 3.05) is 7.11 Å². The van der Waals surface area contributed by atoms with Crippen LogP contribution < -0.4 is 0 Å². The van der Waals surface area contributed by atoms with Crippen LogP contribution in [0.15, 0.2) is 30.3 Å². The van der Waals surface area contributed by atoms with E-state index in [1.165, 1.54) is 12.7 Å². The number of hydrogen-bond donors (Lipinski definition) is 0. The highest BCUT2D eigenvalue weighted by Gasteiger charge is 2.08. The topological polar surface area (TPSA) is 26.3 Å². The first-order chi connectivity index (χ1) is 8.11. The molecule has 0 spiro atoms. The molecule has 0 aliphatic carbocycles. The van der Waals surface area contributed by atoms with Gasteiger partial charge in [-0.05, 0) is 13.3 Å². The molecule has 17 heavy (non-hydrogen) atoms. The van der Waals surface area contributed by atoms with E-state index in [0.717, 1.165) is 6.42 Å². The highest BCUT2D eigenvalue weighted by Crippen LogP contribution is 2.00. The molecule has 0 aliphatic rings. The van der Waals surface area contributed by atoms with E-state index < -0.39 is 0 Å². The Labute approximate surface area is 106 Å². The molecule has 0 fully saturated rings. The second-order valence-corrected chi connectivity index (χ2v) is 3.49. The lowest BCUT2D eigenvalue weighted by Crippen LogP contribution is -2.10. The molecule has 2 nitrogen and oxygen atoms in total. The van der Waals surface area contributed by atoms with Crippen LogP contribution in [0.1, 0.15) is 39.7 Å². The van der Waals surface area contributed by atoms with Crippen LogP contribution in [-0.2, 0) is 9.53 Å². The Hall–Kier alpha value is -1.31. The Bertz CT molecular complexity index is 268. The summed E-state index contributed by atoms with van der Waals surface area (Å²) in [7, 11) is 1.41. The van der Waals surface area contributed by atoms with Gasteiger partial charge in [0.1, 0.15) is 0 Å². The van der Waals surface area contributed by atoms with Crippen molar-refractivity contribution in [3.8, 4) is 0 Å². The fourth-order valence-corrected chi connectivity index (χ4v) is 0.902. The Morgan fingerprint density at radius 3 is 1.88 bits per heavy atom. The van der Waals surface area contributed by atoms with Crippen LogP contribution >= 0.6 is 0 Å². The van der Waals surface area contributed by atoms with E-state index >= 15 is 0 Å². The normalized spacial score (nSPS) is 10.0. The van der Waals surface area contributed by atoms with Crippen molar-refractivity contribution in [3.05, 3.63) is 35.9 Å². The number of benzene rings is 1. The number of rotatable bonds is 2. The van der Waals surface area contributed by atoms with Crippen LogP contribution in [0.2, 0.25) is 0 Å². The molecule has 0 amide bonds. The van der Waals surface area contributed by atoms with E-state index in [9.17, 15) is 4.79 Å². The molecule has 0 N–H and O–H groups in total. The number of esters is 1. The van der Waals surface area contributed by atoms with Crippen molar-refractivity contribution in [3.63, 3.8) is 0 Å². The van der Waals surface area contributed by atoms with Gasteiger partial charge in [-0.25, -0.2) is 0 Å². The number of carbonyl (C=O) groups is 1. The monoisotopic (exact) mass is 238 g/mol. The Balaban J connectivity index is 0. The van der Waals surface area contributed by atoms with E-state index in [2.05, 4.69) is 23.8 Å². The van der Waals surface area contributed by atoms with Gasteiger partial charge in [-0.2, -0.15) is 0 Å². The molecule has 0 saturated carbocycles. The molecule has 0 saturated heterocycles. The summed E-state index contributed by atoms with van der Waals surface area (Å²) in [5.41, 5.74) is 1.32. The van der Waals surface area contributed by atoms with Crippen molar-refractivity contribution < 1.29 is 9.53 Å². The molecule has 1 aromatic rings. The lowest BCUT2D eigenvalue weighted by molar-refractivity contribution is -0.144. The largest absolute Gasteiger partial charge is 0.469 e. The van der Waals surface area contributed by atoms with Gasteiger partial charge >= 0.3 is 5.97 Å². The minimum absolute atomic E-state index is 0.0556. The summed E-state index contributed by atoms with van der Waals surface area (Å²) in [6.07, 6.45) is 0.854. The van der Waals surface area contributed by atoms with Crippen molar-refractivity contribution in [2.45, 2.75) is 41.0 Å². The maximum atomic E-state index is 10.5. The van der Waals surface area contributed by atoms with Gasteiger partial charge in [0.2, 0.25) is 0 Å². The maximum Gasteiger partial charge on any atom is 0.308 e. The predicted octanol–water partition coefficient (Wildman–Crippen LogP) is 4.23. The summed E-state index contributed by atoms with van der Waals surface area (Å²) in [4.78, 5) is 10.5. The van der Waals surface area contributed by atoms with Crippen LogP contribution in [0.25, 0.3) is 0 Å². The van der Waals surface area contributed by atoms with E-state index in [4.69, 9.17) is 0 Å². The number of ether oxygens (including phenoxy) is 1. The van der Waals surface area contributed by atoms with Gasteiger partial charge in [0.25, 0.3) is 0 Å². The van der Waals surface area contributed by atoms with Crippen LogP contribution in [0, 0.1) is 12.8 Å². The fourth-order valence-electron chi connectivity index (χ4n) is 0.902. The van der Waals surface area contributed by atoms with Crippen LogP contribution in [0.4, 0.5) is 0 Å². The molecule has 1 atom stereocenters. The second kappa shape index (κ2) is 12.8. The molecule has 1 aromatic carbocycles. The summed E-state index contributed by atoms with van der Waals surface area (Å²) >= 11 is 0. The smallest absolute Gasteiger partial charge is 0.308 e. The standard InChI is InChI=1S/C7H8.C6H12O2.C2H6/c1-7-5-3-2-4-6-7;1-4-5(2)6(7)8-3;1-2/h2-6H,1H3;5H,4H2,1-3H3;1-2H3. The molecule has 0 aromatic heterocycles. The van der Waals surface area contributed by atoms with Crippen LogP contribution in [-0.4, -0.2) is 13.1 Å². The molecular weight excluding hydrogens is 212 g/mol. The Morgan fingerprint density at radius 1 is 1.24 bits per heavy atom. The molecule has 0 heterocycles. The molecule has 0 bridgehead atoms. The highest BCUT2D eigenvalue weighted by molar-refractivity contribution is 5.71. The summed E-state index contributed by atoms with van der Waals surface area (Å²) in [6.45, 7) is 9.90. The summed E-state index contributed by atoms with van der Waals surface area (Å²) in [6, 6.07) is 10.3. The quantitative estimate of drug-likeness (QED) is 0.721. The van der Waals surface area contributed by atoms with E-state index in [1.807, 2.05) is 45.9 Å². The molecule has 0 radical (unpaired) electrons. The first-order valence-corrected chi connectivity index (χ1v) is 6.21. The summed E-state index contributed by atoms with van der Waals surface area (Å²) in [5, 5.41) is 0. The molecule has 2 heteroatoms. The highest BCUT2D eigenvalue weighted by atomic mass is 16.5. The van der Waals surface area contributed by atoms with Gasteiger partial charge in [-0.3, -0.25) is 4.79 Å². The average molecular weight is 238 g/mol. The third kappa shape index (κ3) is 11.0. The van der Waals surface area contributed by atoms with Gasteiger partial charge in [0.15, 0.2) is 0 Å². The predicted molar refractivity (Wildman–Crippen MR) is 74.0 cm³/mol. The molecule has 1 rings (SSSR count). The van der Waals surface area contributed by atoms with Crippen molar-refractivity contribution in [1.82, 2.24) is 0 Å². The maximum absolute atomic E-state index is 10.5. The summed E-state index contributed by atoms with van der Waals surface area (Å²) < 4.78 is 4.46. The Kier molecular flexibility index (Phi) is 13.6. The lowest BCUT2D eigenvalue weighted by atomic mass is 10.1. The molecule has 98 valence electrons. The zero-order valence-electron chi connectivity index (χ0n) is 12.0. The zero-order valence-corrected chi connectivity index (χ0v) is 12.0. The van der Waals surface area contributed by atoms with E-state index in [1.54, 1.807) is 0 Å². The number of methoxy groups -OCH3 is 1. The lowest BCUT2D eigenvalue weighted by Gasteiger charge is -2.02. The van der Waals surface area contributed by atoms with Crippen molar-refractivity contribution >= 4 is 5.97 Å². The molecular formula is C15H26O2. The SMILES string of the molecule is CC.CCC(C)C(=O)OC.Cc1ccccc1. The number of hydrogen-bond acceptors (Lipinski definition) is 2. The average Bonchev–Trinajstić information content (AvgIpc) is 2.40. The third-order valence-electron chi connectivity index (χ3n) is 2.16. The van der Waals surface area contributed by atoms with Gasteiger partial charge in [-0.15, -0.1) is 0 Å². The first kappa shape index (κ1) is 18.1. The third-order valence-corrected chi connectivity index (χ3v) is 2.16. The van der Waals surface area contributed by atoms with Crippen molar-refractivity contribution in [2.24, 2.45) is 5.92 Å². The van der Waals surface area contributed by atoms with E-state index in [0.29, 0.717) is 0 Å². The molecule has 0 aliphatic heterocycles. The first-order valence-electron chi connectivity index (χ1n) is 6.21. The number of aryl methyl sites for hydroxylation is 1. The van der Waals surface area contributed by atoms with Crippen LogP contribution in [0.3, 0.4) is 0 Å². The summed E-state index contributed by atoms with van der Waals surface area (Å²) in [5.74, 6) is -0.0625. The van der Waals surface area contributed by atoms with Crippen LogP contribution in [0.5, 0.6) is 0 Å². The van der Waals surface area contributed by atoms with Crippen molar-refractivity contribution in [1.29, 1.82) is 0 Å². The molecule has 1 unspecified atom stereocenters. The van der Waals surface area contributed by atoms with Gasteiger partial charge in [0, 0.05) is 0 Å². The number of carbonyl (C=O) groups excluding carboxylic acids is 1. The van der Waals surface area contributed by atoms with Gasteiger partial charge < -0.3 is 4.74 Å².